The molecule has 0 saturated heterocycles. The Labute approximate surface area is 100 Å². The summed E-state index contributed by atoms with van der Waals surface area (Å²) in [4.78, 5) is 34.9. The summed E-state index contributed by atoms with van der Waals surface area (Å²) in [5.41, 5.74) is 3.97. The first-order valence-corrected chi connectivity index (χ1v) is 5.50. The van der Waals surface area contributed by atoms with Crippen molar-refractivity contribution in [1.82, 2.24) is 9.13 Å². The fraction of sp³-hybridized carbons (Fsp3) is 0.333. The SMILES string of the molecule is Cn1c(N)c(C(=O)CSC#N)c(=O)n(C)c1=O. The van der Waals surface area contributed by atoms with E-state index in [9.17, 15) is 14.4 Å². The summed E-state index contributed by atoms with van der Waals surface area (Å²) >= 11 is 0.709. The summed E-state index contributed by atoms with van der Waals surface area (Å²) in [6, 6.07) is 0. The molecule has 2 N–H and O–H groups in total. The van der Waals surface area contributed by atoms with E-state index in [2.05, 4.69) is 0 Å². The van der Waals surface area contributed by atoms with E-state index in [1.54, 1.807) is 5.40 Å². The molecule has 0 aliphatic heterocycles. The molecule has 0 amide bonds. The number of hydrogen-bond donors (Lipinski definition) is 1. The number of ketones is 1. The molecule has 0 unspecified atom stereocenters. The Morgan fingerprint density at radius 3 is 2.53 bits per heavy atom. The molecule has 0 saturated carbocycles. The lowest BCUT2D eigenvalue weighted by Gasteiger charge is -2.09. The maximum absolute atomic E-state index is 11.7. The van der Waals surface area contributed by atoms with E-state index < -0.39 is 17.0 Å². The monoisotopic (exact) mass is 254 g/mol. The van der Waals surface area contributed by atoms with Gasteiger partial charge in [-0.3, -0.25) is 18.7 Å². The Morgan fingerprint density at radius 1 is 1.41 bits per heavy atom. The van der Waals surface area contributed by atoms with Crippen molar-refractivity contribution in [2.45, 2.75) is 0 Å². The van der Waals surface area contributed by atoms with Crippen LogP contribution >= 0.6 is 11.8 Å². The third-order valence-electron chi connectivity index (χ3n) is 2.26. The molecule has 1 heterocycles. The molecule has 1 aromatic heterocycles. The van der Waals surface area contributed by atoms with Gasteiger partial charge in [-0.2, -0.15) is 5.26 Å². The minimum atomic E-state index is -0.742. The Balaban J connectivity index is 3.46. The second-order valence-corrected chi connectivity index (χ2v) is 4.03. The highest BCUT2D eigenvalue weighted by molar-refractivity contribution is 8.04. The van der Waals surface area contributed by atoms with Crippen molar-refractivity contribution in [3.63, 3.8) is 0 Å². The molecule has 0 radical (unpaired) electrons. The molecular weight excluding hydrogens is 244 g/mol. The molecule has 1 aromatic rings. The molecule has 0 aliphatic rings. The van der Waals surface area contributed by atoms with Gasteiger partial charge in [0.1, 0.15) is 16.8 Å². The van der Waals surface area contributed by atoms with Gasteiger partial charge in [0.15, 0.2) is 5.78 Å². The number of hydrogen-bond acceptors (Lipinski definition) is 6. The highest BCUT2D eigenvalue weighted by Crippen LogP contribution is 2.07. The number of nitriles is 1. The van der Waals surface area contributed by atoms with E-state index in [-0.39, 0.29) is 17.1 Å². The van der Waals surface area contributed by atoms with Crippen molar-refractivity contribution in [2.24, 2.45) is 14.1 Å². The van der Waals surface area contributed by atoms with E-state index in [4.69, 9.17) is 11.0 Å². The van der Waals surface area contributed by atoms with Crippen LogP contribution in [-0.2, 0) is 14.1 Å². The van der Waals surface area contributed by atoms with E-state index in [1.165, 1.54) is 14.1 Å². The first kappa shape index (κ1) is 13.1. The summed E-state index contributed by atoms with van der Waals surface area (Å²) in [6.07, 6.45) is 0. The number of nitrogen functional groups attached to an aromatic ring is 1. The first-order chi connectivity index (χ1) is 7.91. The zero-order chi connectivity index (χ0) is 13.2. The predicted molar refractivity (Wildman–Crippen MR) is 63.7 cm³/mol. The van der Waals surface area contributed by atoms with Crippen LogP contribution in [0, 0.1) is 10.7 Å². The number of rotatable bonds is 3. The number of thioether (sulfide) groups is 1. The molecule has 7 nitrogen and oxygen atoms in total. The number of nitrogens with zero attached hydrogens (tertiary/aromatic N) is 3. The highest BCUT2D eigenvalue weighted by atomic mass is 32.2. The van der Waals surface area contributed by atoms with Gasteiger partial charge in [0.25, 0.3) is 5.56 Å². The third-order valence-corrected chi connectivity index (χ3v) is 2.79. The lowest BCUT2D eigenvalue weighted by atomic mass is 10.2. The van der Waals surface area contributed by atoms with Crippen molar-refractivity contribution in [1.29, 1.82) is 5.26 Å². The molecule has 0 fully saturated rings. The van der Waals surface area contributed by atoms with Crippen LogP contribution in [0.2, 0.25) is 0 Å². The zero-order valence-corrected chi connectivity index (χ0v) is 10.1. The van der Waals surface area contributed by atoms with Crippen LogP contribution in [0.3, 0.4) is 0 Å². The molecule has 90 valence electrons. The molecule has 0 aromatic carbocycles. The Kier molecular flexibility index (Phi) is 3.75. The average Bonchev–Trinajstić information content (AvgIpc) is 2.31. The van der Waals surface area contributed by atoms with Gasteiger partial charge in [-0.15, -0.1) is 0 Å². The molecule has 0 aliphatic carbocycles. The predicted octanol–water partition coefficient (Wildman–Crippen LogP) is -0.937. The van der Waals surface area contributed by atoms with Crippen LogP contribution in [0.1, 0.15) is 10.4 Å². The van der Waals surface area contributed by atoms with Crippen LogP contribution in [-0.4, -0.2) is 20.7 Å². The molecule has 0 atom stereocenters. The molecule has 8 heteroatoms. The Morgan fingerprint density at radius 2 is 2.00 bits per heavy atom. The maximum Gasteiger partial charge on any atom is 0.332 e. The summed E-state index contributed by atoms with van der Waals surface area (Å²) in [6.45, 7) is 0. The van der Waals surface area contributed by atoms with Gasteiger partial charge < -0.3 is 5.73 Å². The minimum absolute atomic E-state index is 0.172. The molecule has 17 heavy (non-hydrogen) atoms. The summed E-state index contributed by atoms with van der Waals surface area (Å²) in [5.74, 6) is -0.916. The number of carbonyl (C=O) groups is 1. The normalized spacial score (nSPS) is 9.94. The van der Waals surface area contributed by atoms with E-state index in [1.807, 2.05) is 0 Å². The van der Waals surface area contributed by atoms with Crippen molar-refractivity contribution in [3.8, 4) is 5.40 Å². The van der Waals surface area contributed by atoms with Gasteiger partial charge in [-0.1, -0.05) is 0 Å². The minimum Gasteiger partial charge on any atom is -0.384 e. The van der Waals surface area contributed by atoms with Gasteiger partial charge in [0, 0.05) is 14.1 Å². The van der Waals surface area contributed by atoms with Crippen molar-refractivity contribution in [2.75, 3.05) is 11.5 Å². The van der Waals surface area contributed by atoms with Crippen LogP contribution in [0.25, 0.3) is 0 Å². The number of carbonyl (C=O) groups excluding carboxylic acids is 1. The fourth-order valence-corrected chi connectivity index (χ4v) is 1.63. The van der Waals surface area contributed by atoms with Crippen LogP contribution in [0.5, 0.6) is 0 Å². The van der Waals surface area contributed by atoms with Crippen molar-refractivity contribution in [3.05, 3.63) is 26.4 Å². The smallest absolute Gasteiger partial charge is 0.332 e. The third kappa shape index (κ3) is 2.24. The standard InChI is InChI=1S/C9H10N4O3S/c1-12-7(11)6(5(14)3-17-4-10)8(15)13(2)9(12)16/h3,11H2,1-2H3. The lowest BCUT2D eigenvalue weighted by molar-refractivity contribution is 0.102. The zero-order valence-electron chi connectivity index (χ0n) is 9.26. The summed E-state index contributed by atoms with van der Waals surface area (Å²) < 4.78 is 1.83. The van der Waals surface area contributed by atoms with Gasteiger partial charge in [-0.25, -0.2) is 4.79 Å². The Bertz CT molecular complexity index is 623. The largest absolute Gasteiger partial charge is 0.384 e. The lowest BCUT2D eigenvalue weighted by Crippen LogP contribution is -2.41. The highest BCUT2D eigenvalue weighted by Gasteiger charge is 2.19. The summed E-state index contributed by atoms with van der Waals surface area (Å²) in [5, 5.41) is 10.1. The number of thiocyanates is 1. The van der Waals surface area contributed by atoms with Gasteiger partial charge >= 0.3 is 5.69 Å². The quantitative estimate of drug-likeness (QED) is 0.550. The second-order valence-electron chi connectivity index (χ2n) is 3.27. The van der Waals surface area contributed by atoms with Gasteiger partial charge in [0.2, 0.25) is 0 Å². The van der Waals surface area contributed by atoms with Crippen molar-refractivity contribution >= 4 is 23.4 Å². The van der Waals surface area contributed by atoms with Crippen molar-refractivity contribution < 1.29 is 4.79 Å². The number of aromatic nitrogens is 2. The number of anilines is 1. The van der Waals surface area contributed by atoms with E-state index in [0.29, 0.717) is 11.8 Å². The van der Waals surface area contributed by atoms with E-state index >= 15 is 0 Å². The number of nitrogens with two attached hydrogens (primary N) is 1. The molecular formula is C9H10N4O3S. The average molecular weight is 254 g/mol. The van der Waals surface area contributed by atoms with Gasteiger partial charge in [-0.05, 0) is 11.8 Å². The van der Waals surface area contributed by atoms with Crippen LogP contribution < -0.4 is 17.0 Å². The second kappa shape index (κ2) is 4.88. The van der Waals surface area contributed by atoms with E-state index in [0.717, 1.165) is 9.13 Å². The molecule has 1 rings (SSSR count). The number of Topliss-reactive ketones (excluding diaryl/α,β-unsaturated/α-hetero) is 1. The molecule has 0 bridgehead atoms. The topological polar surface area (TPSA) is 111 Å². The Hall–Kier alpha value is -2.01. The first-order valence-electron chi connectivity index (χ1n) is 4.51. The fourth-order valence-electron chi connectivity index (χ4n) is 1.29. The summed E-state index contributed by atoms with van der Waals surface area (Å²) in [7, 11) is 2.63. The maximum atomic E-state index is 11.7. The molecule has 0 spiro atoms. The van der Waals surface area contributed by atoms with Crippen LogP contribution in [0.4, 0.5) is 5.82 Å². The van der Waals surface area contributed by atoms with Crippen LogP contribution in [0.15, 0.2) is 9.59 Å². The van der Waals surface area contributed by atoms with Gasteiger partial charge in [0.05, 0.1) is 5.75 Å².